The summed E-state index contributed by atoms with van der Waals surface area (Å²) in [5.41, 5.74) is 0. The lowest BCUT2D eigenvalue weighted by Gasteiger charge is -2.04. The zero-order chi connectivity index (χ0) is 15.9. The SMILES string of the molecule is S=c1[nH]nc(COc2ccccc2)n1N=C/C=C/c1ccco1. The molecule has 0 aliphatic carbocycles. The smallest absolute Gasteiger partial charge is 0.216 e. The summed E-state index contributed by atoms with van der Waals surface area (Å²) in [6, 6.07) is 13.2. The summed E-state index contributed by atoms with van der Waals surface area (Å²) in [4.78, 5) is 0. The first-order valence-corrected chi connectivity index (χ1v) is 7.32. The summed E-state index contributed by atoms with van der Waals surface area (Å²) >= 11 is 5.17. The first kappa shape index (κ1) is 15.0. The van der Waals surface area contributed by atoms with Crippen LogP contribution in [0.4, 0.5) is 0 Å². The lowest BCUT2D eigenvalue weighted by Crippen LogP contribution is -2.03. The van der Waals surface area contributed by atoms with E-state index in [1.807, 2.05) is 42.5 Å². The van der Waals surface area contributed by atoms with Gasteiger partial charge >= 0.3 is 0 Å². The van der Waals surface area contributed by atoms with Crippen molar-refractivity contribution in [3.05, 3.63) is 71.2 Å². The molecule has 0 unspecified atom stereocenters. The minimum absolute atomic E-state index is 0.260. The summed E-state index contributed by atoms with van der Waals surface area (Å²) in [6.07, 6.45) is 6.78. The van der Waals surface area contributed by atoms with Crippen LogP contribution in [0.5, 0.6) is 5.75 Å². The third kappa shape index (κ3) is 4.04. The first-order valence-electron chi connectivity index (χ1n) is 6.91. The number of furan rings is 1. The van der Waals surface area contributed by atoms with E-state index in [4.69, 9.17) is 21.4 Å². The van der Waals surface area contributed by atoms with E-state index in [-0.39, 0.29) is 6.61 Å². The molecular formula is C16H14N4O2S. The molecule has 0 aliphatic rings. The minimum atomic E-state index is 0.260. The number of ether oxygens (including phenoxy) is 1. The number of hydrogen-bond acceptors (Lipinski definition) is 5. The van der Waals surface area contributed by atoms with E-state index < -0.39 is 0 Å². The summed E-state index contributed by atoms with van der Waals surface area (Å²) in [6.45, 7) is 0.260. The lowest BCUT2D eigenvalue weighted by molar-refractivity contribution is 0.290. The Labute approximate surface area is 137 Å². The second kappa shape index (κ2) is 7.37. The molecule has 1 N–H and O–H groups in total. The number of nitrogens with zero attached hydrogens (tertiary/aromatic N) is 3. The van der Waals surface area contributed by atoms with Crippen LogP contribution in [-0.2, 0) is 6.61 Å². The van der Waals surface area contributed by atoms with Crippen LogP contribution in [0.25, 0.3) is 6.08 Å². The van der Waals surface area contributed by atoms with Crippen molar-refractivity contribution in [1.29, 1.82) is 0 Å². The molecule has 0 radical (unpaired) electrons. The van der Waals surface area contributed by atoms with Gasteiger partial charge in [0, 0.05) is 6.21 Å². The fourth-order valence-corrected chi connectivity index (χ4v) is 2.03. The number of rotatable bonds is 6. The predicted molar refractivity (Wildman–Crippen MR) is 89.8 cm³/mol. The van der Waals surface area contributed by atoms with Crippen molar-refractivity contribution in [3.63, 3.8) is 0 Å². The van der Waals surface area contributed by atoms with Crippen molar-refractivity contribution in [2.24, 2.45) is 5.10 Å². The summed E-state index contributed by atoms with van der Waals surface area (Å²) in [7, 11) is 0. The first-order chi connectivity index (χ1) is 11.3. The molecule has 2 heterocycles. The van der Waals surface area contributed by atoms with Crippen LogP contribution in [0.1, 0.15) is 11.6 Å². The second-order valence-corrected chi connectivity index (χ2v) is 4.88. The predicted octanol–water partition coefficient (Wildman–Crippen LogP) is 3.66. The van der Waals surface area contributed by atoms with Crippen LogP contribution in [0.3, 0.4) is 0 Å². The highest BCUT2D eigenvalue weighted by molar-refractivity contribution is 7.71. The van der Waals surface area contributed by atoms with E-state index in [2.05, 4.69) is 15.3 Å². The van der Waals surface area contributed by atoms with Crippen LogP contribution in [0, 0.1) is 4.77 Å². The Morgan fingerprint density at radius 1 is 1.26 bits per heavy atom. The van der Waals surface area contributed by atoms with Crippen LogP contribution < -0.4 is 4.74 Å². The number of H-pyrrole nitrogens is 1. The van der Waals surface area contributed by atoms with E-state index in [0.717, 1.165) is 11.5 Å². The van der Waals surface area contributed by atoms with Gasteiger partial charge in [-0.2, -0.15) is 14.9 Å². The number of hydrogen-bond donors (Lipinski definition) is 1. The van der Waals surface area contributed by atoms with Gasteiger partial charge in [-0.15, -0.1) is 0 Å². The van der Waals surface area contributed by atoms with Crippen LogP contribution in [-0.4, -0.2) is 21.1 Å². The van der Waals surface area contributed by atoms with Crippen LogP contribution in [0.15, 0.2) is 64.3 Å². The van der Waals surface area contributed by atoms with Gasteiger partial charge in [-0.25, -0.2) is 5.10 Å². The van der Waals surface area contributed by atoms with E-state index >= 15 is 0 Å². The van der Waals surface area contributed by atoms with E-state index in [1.165, 1.54) is 4.68 Å². The molecule has 3 aromatic rings. The van der Waals surface area contributed by atoms with Crippen molar-refractivity contribution in [2.75, 3.05) is 0 Å². The highest BCUT2D eigenvalue weighted by Crippen LogP contribution is 2.10. The molecule has 6 nitrogen and oxygen atoms in total. The average molecular weight is 326 g/mol. The quantitative estimate of drug-likeness (QED) is 0.554. The van der Waals surface area contributed by atoms with E-state index in [1.54, 1.807) is 24.6 Å². The van der Waals surface area contributed by atoms with Gasteiger partial charge in [0.05, 0.1) is 6.26 Å². The molecule has 0 saturated carbocycles. The van der Waals surface area contributed by atoms with Crippen LogP contribution >= 0.6 is 12.2 Å². The molecule has 0 amide bonds. The lowest BCUT2D eigenvalue weighted by atomic mass is 10.3. The van der Waals surface area contributed by atoms with Gasteiger partial charge in [0.1, 0.15) is 18.1 Å². The second-order valence-electron chi connectivity index (χ2n) is 4.50. The molecule has 0 bridgehead atoms. The maximum absolute atomic E-state index is 5.65. The summed E-state index contributed by atoms with van der Waals surface area (Å²) < 4.78 is 12.8. The molecule has 0 spiro atoms. The zero-order valence-electron chi connectivity index (χ0n) is 12.1. The standard InChI is InChI=1S/C16H14N4O2S/c23-16-19-18-15(12-22-14-6-2-1-3-7-14)20(16)17-10-4-8-13-9-5-11-21-13/h1-11H,12H2,(H,19,23)/b8-4+,17-10?. The monoisotopic (exact) mass is 326 g/mol. The van der Waals surface area contributed by atoms with Crippen molar-refractivity contribution in [3.8, 4) is 5.75 Å². The van der Waals surface area contributed by atoms with Gasteiger partial charge in [0.25, 0.3) is 0 Å². The van der Waals surface area contributed by atoms with Gasteiger partial charge in [-0.1, -0.05) is 18.2 Å². The largest absolute Gasteiger partial charge is 0.486 e. The molecule has 0 atom stereocenters. The topological polar surface area (TPSA) is 68.3 Å². The average Bonchev–Trinajstić information content (AvgIpc) is 3.21. The highest BCUT2D eigenvalue weighted by atomic mass is 32.1. The van der Waals surface area contributed by atoms with Gasteiger partial charge < -0.3 is 9.15 Å². The molecule has 7 heteroatoms. The number of aromatic nitrogens is 3. The van der Waals surface area contributed by atoms with Crippen molar-refractivity contribution < 1.29 is 9.15 Å². The summed E-state index contributed by atoms with van der Waals surface area (Å²) in [5.74, 6) is 2.09. The number of aromatic amines is 1. The third-order valence-electron chi connectivity index (χ3n) is 2.90. The maximum atomic E-state index is 5.65. The molecule has 0 saturated heterocycles. The van der Waals surface area contributed by atoms with Crippen molar-refractivity contribution in [2.45, 2.75) is 6.61 Å². The van der Waals surface area contributed by atoms with Gasteiger partial charge in [-0.3, -0.25) is 0 Å². The molecule has 0 aliphatic heterocycles. The Bertz CT molecular complexity index is 848. The molecule has 3 rings (SSSR count). The molecule has 1 aromatic carbocycles. The number of benzene rings is 1. The number of allylic oxidation sites excluding steroid dienone is 1. The van der Waals surface area contributed by atoms with Crippen molar-refractivity contribution in [1.82, 2.24) is 14.9 Å². The van der Waals surface area contributed by atoms with E-state index in [0.29, 0.717) is 10.6 Å². The minimum Gasteiger partial charge on any atom is -0.486 e. The Hall–Kier alpha value is -2.93. The molecule has 23 heavy (non-hydrogen) atoms. The fraction of sp³-hybridized carbons (Fsp3) is 0.0625. The fourth-order valence-electron chi connectivity index (χ4n) is 1.83. The normalized spacial score (nSPS) is 11.5. The maximum Gasteiger partial charge on any atom is 0.216 e. The number of nitrogens with one attached hydrogen (secondary N) is 1. The highest BCUT2D eigenvalue weighted by Gasteiger charge is 2.05. The Morgan fingerprint density at radius 3 is 2.91 bits per heavy atom. The molecule has 116 valence electrons. The van der Waals surface area contributed by atoms with Gasteiger partial charge in [0.15, 0.2) is 5.82 Å². The Morgan fingerprint density at radius 2 is 2.13 bits per heavy atom. The molecule has 2 aromatic heterocycles. The third-order valence-corrected chi connectivity index (χ3v) is 3.16. The Kier molecular flexibility index (Phi) is 4.80. The summed E-state index contributed by atoms with van der Waals surface area (Å²) in [5, 5.41) is 11.1. The van der Waals surface area contributed by atoms with E-state index in [9.17, 15) is 0 Å². The van der Waals surface area contributed by atoms with Gasteiger partial charge in [-0.05, 0) is 48.6 Å². The van der Waals surface area contributed by atoms with Crippen LogP contribution in [0.2, 0.25) is 0 Å². The van der Waals surface area contributed by atoms with Crippen molar-refractivity contribution >= 4 is 24.5 Å². The zero-order valence-corrected chi connectivity index (χ0v) is 12.9. The molecule has 0 fully saturated rings. The van der Waals surface area contributed by atoms with Gasteiger partial charge in [0.2, 0.25) is 4.77 Å². The molecular weight excluding hydrogens is 312 g/mol. The number of para-hydroxylation sites is 1. The Balaban J connectivity index is 1.67.